The van der Waals surface area contributed by atoms with Gasteiger partial charge in [0.05, 0.1) is 22.4 Å². The molecule has 114 valence electrons. The Balaban J connectivity index is 2.40. The van der Waals surface area contributed by atoms with E-state index >= 15 is 0 Å². The van der Waals surface area contributed by atoms with Crippen LogP contribution in [0, 0.1) is 5.82 Å². The van der Waals surface area contributed by atoms with Crippen LogP contribution < -0.4 is 5.73 Å². The maximum atomic E-state index is 13.1. The first-order valence-electron chi connectivity index (χ1n) is 7.10. The average Bonchev–Trinajstić information content (AvgIpc) is 2.80. The summed E-state index contributed by atoms with van der Waals surface area (Å²) in [7, 11) is 0. The number of nitrogens with zero attached hydrogens (tertiary/aromatic N) is 2. The first-order valence-corrected chi connectivity index (χ1v) is 7.90. The Hall–Kier alpha value is -1.20. The summed E-state index contributed by atoms with van der Waals surface area (Å²) >= 11 is 3.54. The number of rotatable bonds is 5. The molecule has 0 saturated heterocycles. The van der Waals surface area contributed by atoms with E-state index in [0.29, 0.717) is 0 Å². The Morgan fingerprint density at radius 2 is 1.95 bits per heavy atom. The number of aryl methyl sites for hydroxylation is 1. The molecule has 5 heteroatoms. The molecule has 2 rings (SSSR count). The van der Waals surface area contributed by atoms with Crippen LogP contribution in [0.4, 0.5) is 4.39 Å². The maximum Gasteiger partial charge on any atom is 0.123 e. The summed E-state index contributed by atoms with van der Waals surface area (Å²) in [6.07, 6.45) is 2.77. The van der Waals surface area contributed by atoms with Gasteiger partial charge in [-0.2, -0.15) is 5.10 Å². The number of halogens is 2. The maximum absolute atomic E-state index is 13.1. The molecule has 0 aliphatic heterocycles. The van der Waals surface area contributed by atoms with E-state index in [1.165, 1.54) is 12.1 Å². The topological polar surface area (TPSA) is 43.8 Å². The van der Waals surface area contributed by atoms with Crippen LogP contribution in [0.5, 0.6) is 0 Å². The van der Waals surface area contributed by atoms with Crippen molar-refractivity contribution in [3.05, 3.63) is 52.0 Å². The van der Waals surface area contributed by atoms with Gasteiger partial charge in [0.15, 0.2) is 0 Å². The standard InChI is InChI=1S/C16H21BrFN3/c1-4-9-21-14(13(17)10-20-21)15(19)16(2,3)11-5-7-12(18)8-6-11/h5-8,10,15H,4,9,19H2,1-3H3. The van der Waals surface area contributed by atoms with Crippen LogP contribution in [-0.4, -0.2) is 9.78 Å². The lowest BCUT2D eigenvalue weighted by molar-refractivity contribution is 0.389. The van der Waals surface area contributed by atoms with Crippen molar-refractivity contribution in [3.8, 4) is 0 Å². The van der Waals surface area contributed by atoms with E-state index < -0.39 is 0 Å². The number of hydrogen-bond acceptors (Lipinski definition) is 2. The quantitative estimate of drug-likeness (QED) is 0.876. The fourth-order valence-electron chi connectivity index (χ4n) is 2.47. The van der Waals surface area contributed by atoms with Crippen molar-refractivity contribution in [2.75, 3.05) is 0 Å². The third-order valence-corrected chi connectivity index (χ3v) is 4.54. The molecule has 2 aromatic rings. The Bertz CT molecular complexity index is 604. The van der Waals surface area contributed by atoms with E-state index in [1.807, 2.05) is 4.68 Å². The minimum Gasteiger partial charge on any atom is -0.322 e. The fraction of sp³-hybridized carbons (Fsp3) is 0.438. The molecule has 0 aliphatic rings. The third-order valence-electron chi connectivity index (χ3n) is 3.93. The van der Waals surface area contributed by atoms with Crippen LogP contribution >= 0.6 is 15.9 Å². The zero-order valence-corrected chi connectivity index (χ0v) is 14.2. The minimum absolute atomic E-state index is 0.236. The zero-order valence-electron chi connectivity index (χ0n) is 12.6. The second-order valence-electron chi connectivity index (χ2n) is 5.81. The SMILES string of the molecule is CCCn1ncc(Br)c1C(N)C(C)(C)c1ccc(F)cc1. The van der Waals surface area contributed by atoms with E-state index in [1.54, 1.807) is 18.3 Å². The molecule has 0 amide bonds. The summed E-state index contributed by atoms with van der Waals surface area (Å²) < 4.78 is 16.0. The van der Waals surface area contributed by atoms with Gasteiger partial charge in [0.25, 0.3) is 0 Å². The number of benzene rings is 1. The van der Waals surface area contributed by atoms with Crippen molar-refractivity contribution in [2.45, 2.75) is 45.2 Å². The van der Waals surface area contributed by atoms with Gasteiger partial charge < -0.3 is 5.73 Å². The Kier molecular flexibility index (Phi) is 4.84. The predicted molar refractivity (Wildman–Crippen MR) is 86.6 cm³/mol. The molecule has 0 aliphatic carbocycles. The van der Waals surface area contributed by atoms with Gasteiger partial charge in [-0.25, -0.2) is 4.39 Å². The van der Waals surface area contributed by atoms with E-state index in [9.17, 15) is 4.39 Å². The Labute approximate surface area is 133 Å². The van der Waals surface area contributed by atoms with Crippen molar-refractivity contribution in [1.82, 2.24) is 9.78 Å². The van der Waals surface area contributed by atoms with Gasteiger partial charge in [-0.1, -0.05) is 32.9 Å². The third kappa shape index (κ3) is 3.19. The summed E-state index contributed by atoms with van der Waals surface area (Å²) in [6, 6.07) is 6.30. The molecule has 1 unspecified atom stereocenters. The van der Waals surface area contributed by atoms with Crippen LogP contribution in [0.3, 0.4) is 0 Å². The smallest absolute Gasteiger partial charge is 0.123 e. The van der Waals surface area contributed by atoms with Gasteiger partial charge in [0.1, 0.15) is 5.82 Å². The van der Waals surface area contributed by atoms with Crippen molar-refractivity contribution in [2.24, 2.45) is 5.73 Å². The summed E-state index contributed by atoms with van der Waals surface area (Å²) in [5, 5.41) is 4.38. The second-order valence-corrected chi connectivity index (χ2v) is 6.66. The van der Waals surface area contributed by atoms with Crippen molar-refractivity contribution in [1.29, 1.82) is 0 Å². The van der Waals surface area contributed by atoms with Gasteiger partial charge in [-0.3, -0.25) is 4.68 Å². The molecule has 0 saturated carbocycles. The Morgan fingerprint density at radius 1 is 1.33 bits per heavy atom. The molecule has 1 heterocycles. The second kappa shape index (κ2) is 6.28. The van der Waals surface area contributed by atoms with Crippen LogP contribution in [0.2, 0.25) is 0 Å². The molecule has 21 heavy (non-hydrogen) atoms. The normalized spacial score (nSPS) is 13.4. The zero-order chi connectivity index (χ0) is 15.6. The molecule has 0 spiro atoms. The molecule has 0 fully saturated rings. The lowest BCUT2D eigenvalue weighted by atomic mass is 9.77. The summed E-state index contributed by atoms with van der Waals surface area (Å²) in [5.41, 5.74) is 8.19. The average molecular weight is 354 g/mol. The Morgan fingerprint density at radius 3 is 2.52 bits per heavy atom. The van der Waals surface area contributed by atoms with Crippen LogP contribution in [0.15, 0.2) is 34.9 Å². The molecular weight excluding hydrogens is 333 g/mol. The van der Waals surface area contributed by atoms with Gasteiger partial charge in [-0.05, 0) is 40.0 Å². The van der Waals surface area contributed by atoms with Crippen LogP contribution in [0.25, 0.3) is 0 Å². The first kappa shape index (κ1) is 16.2. The van der Waals surface area contributed by atoms with Gasteiger partial charge in [0.2, 0.25) is 0 Å². The van der Waals surface area contributed by atoms with Crippen molar-refractivity contribution < 1.29 is 4.39 Å². The largest absolute Gasteiger partial charge is 0.322 e. The fourth-order valence-corrected chi connectivity index (χ4v) is 3.01. The highest BCUT2D eigenvalue weighted by molar-refractivity contribution is 9.10. The molecule has 1 atom stereocenters. The van der Waals surface area contributed by atoms with Crippen LogP contribution in [-0.2, 0) is 12.0 Å². The van der Waals surface area contributed by atoms with Crippen molar-refractivity contribution >= 4 is 15.9 Å². The van der Waals surface area contributed by atoms with Crippen LogP contribution in [0.1, 0.15) is 44.5 Å². The minimum atomic E-state index is -0.332. The molecule has 1 aromatic heterocycles. The summed E-state index contributed by atoms with van der Waals surface area (Å²) in [6.45, 7) is 7.07. The van der Waals surface area contributed by atoms with Gasteiger partial charge >= 0.3 is 0 Å². The highest BCUT2D eigenvalue weighted by Crippen LogP contribution is 2.37. The van der Waals surface area contributed by atoms with E-state index in [4.69, 9.17) is 5.73 Å². The lowest BCUT2D eigenvalue weighted by Gasteiger charge is -2.33. The van der Waals surface area contributed by atoms with E-state index in [0.717, 1.165) is 28.7 Å². The van der Waals surface area contributed by atoms with Gasteiger partial charge in [0, 0.05) is 12.0 Å². The number of nitrogens with two attached hydrogens (primary N) is 1. The van der Waals surface area contributed by atoms with Gasteiger partial charge in [-0.15, -0.1) is 0 Å². The molecule has 0 bridgehead atoms. The first-order chi connectivity index (χ1) is 9.87. The number of aromatic nitrogens is 2. The predicted octanol–water partition coefficient (Wildman–Crippen LogP) is 4.17. The molecule has 3 nitrogen and oxygen atoms in total. The molecule has 0 radical (unpaired) electrons. The lowest BCUT2D eigenvalue weighted by Crippen LogP contribution is -2.35. The monoisotopic (exact) mass is 353 g/mol. The molecular formula is C16H21BrFN3. The summed E-state index contributed by atoms with van der Waals surface area (Å²) in [5.74, 6) is -0.236. The van der Waals surface area contributed by atoms with Crippen molar-refractivity contribution in [3.63, 3.8) is 0 Å². The van der Waals surface area contributed by atoms with E-state index in [-0.39, 0.29) is 17.3 Å². The summed E-state index contributed by atoms with van der Waals surface area (Å²) in [4.78, 5) is 0. The highest BCUT2D eigenvalue weighted by atomic mass is 79.9. The highest BCUT2D eigenvalue weighted by Gasteiger charge is 2.33. The molecule has 2 N–H and O–H groups in total. The van der Waals surface area contributed by atoms with E-state index in [2.05, 4.69) is 41.8 Å². The number of hydrogen-bond donors (Lipinski definition) is 1. The molecule has 1 aromatic carbocycles.